The molecule has 1 atom stereocenters. The molecule has 0 aliphatic carbocycles. The molecular weight excluding hydrogens is 166 g/mol. The van der Waals surface area contributed by atoms with Crippen LogP contribution in [0.5, 0.6) is 0 Å². The molecule has 1 fully saturated rings. The summed E-state index contributed by atoms with van der Waals surface area (Å²) in [5, 5.41) is 2.85. The molecule has 1 saturated heterocycles. The van der Waals surface area contributed by atoms with Gasteiger partial charge in [-0.05, 0) is 18.3 Å². The highest BCUT2D eigenvalue weighted by Gasteiger charge is 2.26. The fourth-order valence-corrected chi connectivity index (χ4v) is 1.41. The standard InChI is InChI=1S/C10H19NO2/c1-10(2,3)7-8-9(12)11-5-4-6-13-8/h8H,4-7H2,1-3H3,(H,11,12). The molecule has 0 spiro atoms. The van der Waals surface area contributed by atoms with Gasteiger partial charge in [-0.15, -0.1) is 0 Å². The van der Waals surface area contributed by atoms with Crippen LogP contribution in [0, 0.1) is 5.41 Å². The molecule has 1 aliphatic rings. The summed E-state index contributed by atoms with van der Waals surface area (Å²) >= 11 is 0. The van der Waals surface area contributed by atoms with E-state index in [9.17, 15) is 4.79 Å². The third-order valence-corrected chi connectivity index (χ3v) is 2.03. The Kier molecular flexibility index (Phi) is 3.31. The molecule has 13 heavy (non-hydrogen) atoms. The Labute approximate surface area is 79.8 Å². The molecule has 1 aliphatic heterocycles. The van der Waals surface area contributed by atoms with Gasteiger partial charge < -0.3 is 10.1 Å². The van der Waals surface area contributed by atoms with E-state index in [4.69, 9.17) is 4.74 Å². The summed E-state index contributed by atoms with van der Waals surface area (Å²) < 4.78 is 5.48. The highest BCUT2D eigenvalue weighted by atomic mass is 16.5. The van der Waals surface area contributed by atoms with E-state index in [1.165, 1.54) is 0 Å². The molecule has 3 heteroatoms. The first-order valence-corrected chi connectivity index (χ1v) is 4.88. The zero-order valence-corrected chi connectivity index (χ0v) is 8.72. The molecule has 1 rings (SSSR count). The number of nitrogens with one attached hydrogen (secondary N) is 1. The maximum atomic E-state index is 11.5. The first-order chi connectivity index (χ1) is 5.99. The molecule has 0 aromatic rings. The number of hydrogen-bond acceptors (Lipinski definition) is 2. The van der Waals surface area contributed by atoms with Gasteiger partial charge in [0.25, 0.3) is 0 Å². The predicted octanol–water partition coefficient (Wildman–Crippen LogP) is 1.33. The van der Waals surface area contributed by atoms with Crippen LogP contribution in [-0.4, -0.2) is 25.2 Å². The Hall–Kier alpha value is -0.570. The van der Waals surface area contributed by atoms with E-state index in [2.05, 4.69) is 26.1 Å². The average Bonchev–Trinajstić information content (AvgIpc) is 2.14. The molecule has 3 nitrogen and oxygen atoms in total. The minimum absolute atomic E-state index is 0.0485. The fraction of sp³-hybridized carbons (Fsp3) is 0.900. The normalized spacial score (nSPS) is 25.2. The van der Waals surface area contributed by atoms with Crippen molar-refractivity contribution in [2.75, 3.05) is 13.2 Å². The van der Waals surface area contributed by atoms with Crippen molar-refractivity contribution < 1.29 is 9.53 Å². The highest BCUT2D eigenvalue weighted by Crippen LogP contribution is 2.23. The van der Waals surface area contributed by atoms with E-state index in [-0.39, 0.29) is 17.4 Å². The van der Waals surface area contributed by atoms with Crippen molar-refractivity contribution in [3.63, 3.8) is 0 Å². The molecule has 1 unspecified atom stereocenters. The molecule has 0 aromatic carbocycles. The van der Waals surface area contributed by atoms with Crippen molar-refractivity contribution in [2.24, 2.45) is 5.41 Å². The van der Waals surface area contributed by atoms with Crippen LogP contribution in [0.2, 0.25) is 0 Å². The first-order valence-electron chi connectivity index (χ1n) is 4.88. The van der Waals surface area contributed by atoms with Crippen molar-refractivity contribution in [1.82, 2.24) is 5.32 Å². The summed E-state index contributed by atoms with van der Waals surface area (Å²) in [7, 11) is 0. The maximum absolute atomic E-state index is 11.5. The molecule has 1 amide bonds. The molecule has 1 heterocycles. The van der Waals surface area contributed by atoms with Crippen molar-refractivity contribution >= 4 is 5.91 Å². The summed E-state index contributed by atoms with van der Waals surface area (Å²) in [6.45, 7) is 7.80. The van der Waals surface area contributed by atoms with Crippen molar-refractivity contribution in [3.05, 3.63) is 0 Å². The maximum Gasteiger partial charge on any atom is 0.249 e. The van der Waals surface area contributed by atoms with Crippen LogP contribution >= 0.6 is 0 Å². The van der Waals surface area contributed by atoms with E-state index >= 15 is 0 Å². The number of rotatable bonds is 1. The monoisotopic (exact) mass is 185 g/mol. The smallest absolute Gasteiger partial charge is 0.249 e. The van der Waals surface area contributed by atoms with Gasteiger partial charge in [0, 0.05) is 13.2 Å². The van der Waals surface area contributed by atoms with E-state index in [0.717, 1.165) is 19.4 Å². The van der Waals surface area contributed by atoms with Crippen LogP contribution in [0.4, 0.5) is 0 Å². The van der Waals surface area contributed by atoms with Crippen LogP contribution < -0.4 is 5.32 Å². The number of hydrogen-bond donors (Lipinski definition) is 1. The zero-order chi connectivity index (χ0) is 9.90. The van der Waals surface area contributed by atoms with Gasteiger partial charge >= 0.3 is 0 Å². The largest absolute Gasteiger partial charge is 0.368 e. The summed E-state index contributed by atoms with van der Waals surface area (Å²) in [6.07, 6.45) is 1.47. The van der Waals surface area contributed by atoms with E-state index in [0.29, 0.717) is 6.61 Å². The van der Waals surface area contributed by atoms with Crippen LogP contribution in [0.1, 0.15) is 33.6 Å². The van der Waals surface area contributed by atoms with Crippen LogP contribution in [-0.2, 0) is 9.53 Å². The second-order valence-electron chi connectivity index (χ2n) is 4.77. The third-order valence-electron chi connectivity index (χ3n) is 2.03. The Morgan fingerprint density at radius 2 is 2.23 bits per heavy atom. The van der Waals surface area contributed by atoms with Crippen molar-refractivity contribution in [1.29, 1.82) is 0 Å². The molecule has 0 radical (unpaired) electrons. The first kappa shape index (κ1) is 10.5. The Morgan fingerprint density at radius 1 is 1.54 bits per heavy atom. The topological polar surface area (TPSA) is 38.3 Å². The minimum Gasteiger partial charge on any atom is -0.368 e. The number of carbonyl (C=O) groups excluding carboxylic acids is 1. The quantitative estimate of drug-likeness (QED) is 0.669. The fourth-order valence-electron chi connectivity index (χ4n) is 1.41. The van der Waals surface area contributed by atoms with E-state index in [1.54, 1.807) is 0 Å². The summed E-state index contributed by atoms with van der Waals surface area (Å²) in [5.74, 6) is 0.0485. The van der Waals surface area contributed by atoms with Crippen LogP contribution in [0.25, 0.3) is 0 Å². The molecule has 76 valence electrons. The van der Waals surface area contributed by atoms with Crippen LogP contribution in [0.15, 0.2) is 0 Å². The number of ether oxygens (including phenoxy) is 1. The second kappa shape index (κ2) is 4.09. The molecule has 1 N–H and O–H groups in total. The Balaban J connectivity index is 2.50. The van der Waals surface area contributed by atoms with Gasteiger partial charge in [0.2, 0.25) is 5.91 Å². The summed E-state index contributed by atoms with van der Waals surface area (Å²) in [5.41, 5.74) is 0.145. The van der Waals surface area contributed by atoms with Gasteiger partial charge in [-0.1, -0.05) is 20.8 Å². The van der Waals surface area contributed by atoms with Gasteiger partial charge in [-0.3, -0.25) is 4.79 Å². The SMILES string of the molecule is CC(C)(C)CC1OCCCNC1=O. The molecule has 0 aromatic heterocycles. The van der Waals surface area contributed by atoms with Gasteiger partial charge in [-0.2, -0.15) is 0 Å². The second-order valence-corrected chi connectivity index (χ2v) is 4.77. The van der Waals surface area contributed by atoms with Gasteiger partial charge in [-0.25, -0.2) is 0 Å². The molecular formula is C10H19NO2. The van der Waals surface area contributed by atoms with E-state index in [1.807, 2.05) is 0 Å². The minimum atomic E-state index is -0.248. The van der Waals surface area contributed by atoms with Crippen molar-refractivity contribution in [3.8, 4) is 0 Å². The lowest BCUT2D eigenvalue weighted by atomic mass is 9.89. The van der Waals surface area contributed by atoms with Gasteiger partial charge in [0.1, 0.15) is 6.10 Å². The summed E-state index contributed by atoms with van der Waals surface area (Å²) in [6, 6.07) is 0. The number of carbonyl (C=O) groups is 1. The molecule has 0 saturated carbocycles. The van der Waals surface area contributed by atoms with Gasteiger partial charge in [0.15, 0.2) is 0 Å². The Bertz CT molecular complexity index is 184. The summed E-state index contributed by atoms with van der Waals surface area (Å²) in [4.78, 5) is 11.5. The lowest BCUT2D eigenvalue weighted by Gasteiger charge is -2.23. The molecule has 0 bridgehead atoms. The van der Waals surface area contributed by atoms with Gasteiger partial charge in [0.05, 0.1) is 0 Å². The predicted molar refractivity (Wildman–Crippen MR) is 51.4 cm³/mol. The highest BCUT2D eigenvalue weighted by molar-refractivity contribution is 5.80. The average molecular weight is 185 g/mol. The number of amides is 1. The van der Waals surface area contributed by atoms with Crippen LogP contribution in [0.3, 0.4) is 0 Å². The van der Waals surface area contributed by atoms with Crippen molar-refractivity contribution in [2.45, 2.75) is 39.7 Å². The third kappa shape index (κ3) is 3.77. The lowest BCUT2D eigenvalue weighted by molar-refractivity contribution is -0.132. The lowest BCUT2D eigenvalue weighted by Crippen LogP contribution is -2.36. The van der Waals surface area contributed by atoms with E-state index < -0.39 is 0 Å². The Morgan fingerprint density at radius 3 is 2.85 bits per heavy atom. The zero-order valence-electron chi connectivity index (χ0n) is 8.72.